The summed E-state index contributed by atoms with van der Waals surface area (Å²) < 4.78 is 0. The van der Waals surface area contributed by atoms with E-state index in [-0.39, 0.29) is 6.73 Å². The van der Waals surface area contributed by atoms with Crippen molar-refractivity contribution in [2.75, 3.05) is 6.73 Å². The van der Waals surface area contributed by atoms with Gasteiger partial charge in [0.25, 0.3) is 0 Å². The van der Waals surface area contributed by atoms with Crippen LogP contribution in [0.1, 0.15) is 19.3 Å². The Kier molecular flexibility index (Phi) is 0.746. The van der Waals surface area contributed by atoms with E-state index in [0.717, 1.165) is 5.92 Å². The molecule has 0 aromatic heterocycles. The van der Waals surface area contributed by atoms with E-state index in [0.29, 0.717) is 5.54 Å². The third kappa shape index (κ3) is 0.400. The molecule has 2 heteroatoms. The fourth-order valence-electron chi connectivity index (χ4n) is 1.86. The van der Waals surface area contributed by atoms with Crippen LogP contribution in [0.2, 0.25) is 0 Å². The lowest BCUT2D eigenvalue weighted by molar-refractivity contribution is -0.0646. The monoisotopic (exact) mass is 113 g/mol. The highest BCUT2D eigenvalue weighted by molar-refractivity contribution is 5.13. The van der Waals surface area contributed by atoms with Crippen molar-refractivity contribution >= 4 is 0 Å². The number of nitrogens with one attached hydrogen (secondary N) is 1. The van der Waals surface area contributed by atoms with Crippen LogP contribution in [0.5, 0.6) is 0 Å². The molecule has 0 unspecified atom stereocenters. The minimum absolute atomic E-state index is 0.159. The van der Waals surface area contributed by atoms with Crippen LogP contribution in [-0.4, -0.2) is 17.4 Å². The van der Waals surface area contributed by atoms with Crippen molar-refractivity contribution in [3.63, 3.8) is 0 Å². The standard InChI is InChI=1S/C6H11NO/c8-4-7-6-1-5(2-6)3-6/h5,7-8H,1-4H2. The predicted octanol–water partition coefficient (Wildman–Crippen LogP) is 0.0783. The van der Waals surface area contributed by atoms with Gasteiger partial charge in [-0.2, -0.15) is 0 Å². The molecule has 0 spiro atoms. The van der Waals surface area contributed by atoms with Gasteiger partial charge in [-0.3, -0.25) is 5.32 Å². The largest absolute Gasteiger partial charge is 0.381 e. The maximum atomic E-state index is 8.48. The molecule has 0 aromatic carbocycles. The van der Waals surface area contributed by atoms with Gasteiger partial charge in [-0.15, -0.1) is 0 Å². The molecule has 0 aromatic rings. The summed E-state index contributed by atoms with van der Waals surface area (Å²) in [5, 5.41) is 11.6. The Morgan fingerprint density at radius 1 is 1.50 bits per heavy atom. The van der Waals surface area contributed by atoms with Gasteiger partial charge in [0.05, 0.1) is 6.73 Å². The van der Waals surface area contributed by atoms with Crippen LogP contribution < -0.4 is 5.32 Å². The van der Waals surface area contributed by atoms with Gasteiger partial charge in [0.1, 0.15) is 0 Å². The lowest BCUT2D eigenvalue weighted by Crippen LogP contribution is -2.66. The normalized spacial score (nSPS) is 49.9. The van der Waals surface area contributed by atoms with Gasteiger partial charge in [0.15, 0.2) is 0 Å². The summed E-state index contributed by atoms with van der Waals surface area (Å²) in [4.78, 5) is 0. The molecule has 2 N–H and O–H groups in total. The van der Waals surface area contributed by atoms with E-state index < -0.39 is 0 Å². The third-order valence-corrected chi connectivity index (χ3v) is 2.49. The molecule has 3 fully saturated rings. The lowest BCUT2D eigenvalue weighted by Gasteiger charge is -2.62. The minimum atomic E-state index is 0.159. The summed E-state index contributed by atoms with van der Waals surface area (Å²) in [6, 6.07) is 0. The van der Waals surface area contributed by atoms with Crippen molar-refractivity contribution in [2.24, 2.45) is 5.92 Å². The number of hydrogen-bond acceptors (Lipinski definition) is 2. The number of hydrogen-bond donors (Lipinski definition) is 2. The first-order chi connectivity index (χ1) is 3.85. The first kappa shape index (κ1) is 4.77. The molecule has 2 nitrogen and oxygen atoms in total. The van der Waals surface area contributed by atoms with Crippen LogP contribution in [0.15, 0.2) is 0 Å². The Morgan fingerprint density at radius 2 is 2.12 bits per heavy atom. The van der Waals surface area contributed by atoms with E-state index in [2.05, 4.69) is 5.32 Å². The number of aliphatic hydroxyl groups excluding tert-OH is 1. The van der Waals surface area contributed by atoms with E-state index in [4.69, 9.17) is 5.11 Å². The van der Waals surface area contributed by atoms with Gasteiger partial charge in [-0.1, -0.05) is 0 Å². The van der Waals surface area contributed by atoms with Gasteiger partial charge in [0.2, 0.25) is 0 Å². The Labute approximate surface area is 48.9 Å². The van der Waals surface area contributed by atoms with E-state index in [1.165, 1.54) is 19.3 Å². The van der Waals surface area contributed by atoms with Crippen LogP contribution in [0, 0.1) is 5.92 Å². The molecule has 0 atom stereocenters. The van der Waals surface area contributed by atoms with Gasteiger partial charge in [-0.25, -0.2) is 0 Å². The first-order valence-electron chi connectivity index (χ1n) is 3.21. The highest BCUT2D eigenvalue weighted by atomic mass is 16.3. The Morgan fingerprint density at radius 3 is 2.25 bits per heavy atom. The molecule has 3 aliphatic rings. The third-order valence-electron chi connectivity index (χ3n) is 2.49. The van der Waals surface area contributed by atoms with Crippen LogP contribution in [0.25, 0.3) is 0 Å². The fourth-order valence-corrected chi connectivity index (χ4v) is 1.86. The van der Waals surface area contributed by atoms with E-state index in [1.807, 2.05) is 0 Å². The first-order valence-corrected chi connectivity index (χ1v) is 3.21. The fraction of sp³-hybridized carbons (Fsp3) is 1.00. The lowest BCUT2D eigenvalue weighted by atomic mass is 9.50. The second kappa shape index (κ2) is 1.25. The Balaban J connectivity index is 1.87. The zero-order valence-corrected chi connectivity index (χ0v) is 4.85. The summed E-state index contributed by atoms with van der Waals surface area (Å²) in [7, 11) is 0. The highest BCUT2D eigenvalue weighted by Crippen LogP contribution is 2.56. The van der Waals surface area contributed by atoms with E-state index in [9.17, 15) is 0 Å². The summed E-state index contributed by atoms with van der Waals surface area (Å²) in [6.45, 7) is 0.159. The highest BCUT2D eigenvalue weighted by Gasteiger charge is 2.55. The van der Waals surface area contributed by atoms with Crippen molar-refractivity contribution in [1.29, 1.82) is 0 Å². The summed E-state index contributed by atoms with van der Waals surface area (Å²) in [6.07, 6.45) is 3.94. The van der Waals surface area contributed by atoms with E-state index >= 15 is 0 Å². The van der Waals surface area contributed by atoms with Gasteiger partial charge in [0, 0.05) is 5.54 Å². The predicted molar refractivity (Wildman–Crippen MR) is 30.3 cm³/mol. The van der Waals surface area contributed by atoms with Crippen molar-refractivity contribution < 1.29 is 5.11 Å². The van der Waals surface area contributed by atoms with Crippen LogP contribution in [0.3, 0.4) is 0 Å². The summed E-state index contributed by atoms with van der Waals surface area (Å²) in [5.74, 6) is 1.01. The second-order valence-electron chi connectivity index (χ2n) is 3.09. The van der Waals surface area contributed by atoms with Crippen LogP contribution in [0.4, 0.5) is 0 Å². The molecular formula is C6H11NO. The van der Waals surface area contributed by atoms with Crippen LogP contribution >= 0.6 is 0 Å². The molecule has 2 bridgehead atoms. The molecule has 8 heavy (non-hydrogen) atoms. The molecule has 3 saturated carbocycles. The maximum Gasteiger partial charge on any atom is 0.0935 e. The molecule has 0 saturated heterocycles. The topological polar surface area (TPSA) is 32.3 Å². The molecule has 3 aliphatic carbocycles. The van der Waals surface area contributed by atoms with Crippen molar-refractivity contribution in [3.8, 4) is 0 Å². The summed E-state index contributed by atoms with van der Waals surface area (Å²) in [5.41, 5.74) is 0.416. The second-order valence-corrected chi connectivity index (χ2v) is 3.09. The molecule has 0 radical (unpaired) electrons. The molecule has 0 aliphatic heterocycles. The number of aliphatic hydroxyl groups is 1. The zero-order valence-electron chi connectivity index (χ0n) is 4.85. The molecular weight excluding hydrogens is 102 g/mol. The van der Waals surface area contributed by atoms with Gasteiger partial charge >= 0.3 is 0 Å². The van der Waals surface area contributed by atoms with E-state index in [1.54, 1.807) is 0 Å². The minimum Gasteiger partial charge on any atom is -0.381 e. The van der Waals surface area contributed by atoms with Crippen molar-refractivity contribution in [2.45, 2.75) is 24.8 Å². The Bertz CT molecular complexity index is 96.1. The maximum absolute atomic E-state index is 8.48. The van der Waals surface area contributed by atoms with Crippen molar-refractivity contribution in [1.82, 2.24) is 5.32 Å². The van der Waals surface area contributed by atoms with Crippen molar-refractivity contribution in [3.05, 3.63) is 0 Å². The number of rotatable bonds is 2. The quantitative estimate of drug-likeness (QED) is 0.497. The molecule has 0 amide bonds. The molecule has 3 rings (SSSR count). The zero-order chi connectivity index (χ0) is 5.61. The Hall–Kier alpha value is -0.0800. The van der Waals surface area contributed by atoms with Gasteiger partial charge < -0.3 is 5.11 Å². The van der Waals surface area contributed by atoms with Crippen LogP contribution in [-0.2, 0) is 0 Å². The molecule has 46 valence electrons. The van der Waals surface area contributed by atoms with Gasteiger partial charge in [-0.05, 0) is 25.2 Å². The smallest absolute Gasteiger partial charge is 0.0935 e. The average molecular weight is 113 g/mol. The average Bonchev–Trinajstić information content (AvgIpc) is 1.50. The summed E-state index contributed by atoms with van der Waals surface area (Å²) >= 11 is 0. The molecule has 0 heterocycles. The SMILES string of the molecule is OCNC12CC(C1)C2.